The molecule has 0 aliphatic carbocycles. The molecule has 0 aromatic carbocycles. The number of ether oxygens (including phenoxy) is 3. The second-order valence-corrected chi connectivity index (χ2v) is 19.2. The van der Waals surface area contributed by atoms with Gasteiger partial charge in [-0.05, 0) is 109 Å². The van der Waals surface area contributed by atoms with Crippen molar-refractivity contribution < 1.29 is 28.6 Å². The smallest absolute Gasteiger partial charge is 0.306 e. The Morgan fingerprint density at radius 3 is 0.926 bits per heavy atom. The van der Waals surface area contributed by atoms with Crippen molar-refractivity contribution in [3.63, 3.8) is 0 Å². The van der Waals surface area contributed by atoms with Gasteiger partial charge in [0.1, 0.15) is 13.2 Å². The molecule has 0 aliphatic rings. The highest BCUT2D eigenvalue weighted by Gasteiger charge is 2.19. The molecule has 0 aromatic rings. The quantitative estimate of drug-likeness (QED) is 0.0262. The van der Waals surface area contributed by atoms with E-state index in [1.807, 2.05) is 0 Å². The normalized spacial score (nSPS) is 12.6. The molecule has 0 aliphatic heterocycles. The molecule has 0 heterocycles. The lowest BCUT2D eigenvalue weighted by molar-refractivity contribution is -0.167. The van der Waals surface area contributed by atoms with Crippen molar-refractivity contribution in [2.24, 2.45) is 0 Å². The van der Waals surface area contributed by atoms with Crippen molar-refractivity contribution in [2.45, 2.75) is 290 Å². The van der Waals surface area contributed by atoms with Crippen molar-refractivity contribution in [1.29, 1.82) is 0 Å². The molecule has 0 saturated carbocycles. The third-order valence-electron chi connectivity index (χ3n) is 12.4. The van der Waals surface area contributed by atoms with Crippen LogP contribution < -0.4 is 0 Å². The number of esters is 3. The lowest BCUT2D eigenvalue weighted by Crippen LogP contribution is -2.30. The summed E-state index contributed by atoms with van der Waals surface area (Å²) in [7, 11) is 0. The highest BCUT2D eigenvalue weighted by atomic mass is 16.6. The first-order valence-corrected chi connectivity index (χ1v) is 28.9. The number of hydrogen-bond donors (Lipinski definition) is 0. The molecule has 0 amide bonds. The van der Waals surface area contributed by atoms with Crippen LogP contribution >= 0.6 is 0 Å². The van der Waals surface area contributed by atoms with Crippen LogP contribution in [0.15, 0.2) is 72.9 Å². The topological polar surface area (TPSA) is 78.9 Å². The van der Waals surface area contributed by atoms with E-state index in [9.17, 15) is 14.4 Å². The van der Waals surface area contributed by atoms with E-state index in [2.05, 4.69) is 93.7 Å². The molecule has 0 saturated heterocycles. The number of carbonyl (C=O) groups is 3. The predicted octanol–water partition coefficient (Wildman–Crippen LogP) is 19.4. The maximum atomic E-state index is 12.9. The summed E-state index contributed by atoms with van der Waals surface area (Å²) in [4.78, 5) is 38.1. The molecule has 0 aromatic heterocycles. The van der Waals surface area contributed by atoms with Crippen LogP contribution in [0, 0.1) is 0 Å². The zero-order chi connectivity index (χ0) is 49.3. The van der Waals surface area contributed by atoms with Crippen molar-refractivity contribution in [1.82, 2.24) is 0 Å². The summed E-state index contributed by atoms with van der Waals surface area (Å²) in [6, 6.07) is 0. The number of carbonyl (C=O) groups excluding carboxylic acids is 3. The lowest BCUT2D eigenvalue weighted by atomic mass is 10.1. The summed E-state index contributed by atoms with van der Waals surface area (Å²) in [5.41, 5.74) is 0. The third-order valence-corrected chi connectivity index (χ3v) is 12.4. The van der Waals surface area contributed by atoms with Gasteiger partial charge in [0, 0.05) is 19.3 Å². The van der Waals surface area contributed by atoms with E-state index >= 15 is 0 Å². The fourth-order valence-electron chi connectivity index (χ4n) is 8.07. The minimum atomic E-state index is -0.792. The number of rotatable bonds is 52. The van der Waals surface area contributed by atoms with Gasteiger partial charge < -0.3 is 14.2 Å². The summed E-state index contributed by atoms with van der Waals surface area (Å²) >= 11 is 0. The summed E-state index contributed by atoms with van der Waals surface area (Å²) in [5, 5.41) is 0. The fraction of sp³-hybridized carbons (Fsp3) is 0.758. The molecule has 0 spiro atoms. The molecule has 1 unspecified atom stereocenters. The van der Waals surface area contributed by atoms with Crippen molar-refractivity contribution in [3.8, 4) is 0 Å². The Bertz CT molecular complexity index is 1270. The van der Waals surface area contributed by atoms with Gasteiger partial charge in [-0.15, -0.1) is 0 Å². The van der Waals surface area contributed by atoms with E-state index in [0.717, 1.165) is 116 Å². The molecule has 6 nitrogen and oxygen atoms in total. The summed E-state index contributed by atoms with van der Waals surface area (Å²) in [6.45, 7) is 6.51. The Kier molecular flexibility index (Phi) is 53.8. The maximum absolute atomic E-state index is 12.9. The second-order valence-electron chi connectivity index (χ2n) is 19.2. The Hall–Kier alpha value is -3.15. The molecule has 6 heteroatoms. The molecule has 0 rings (SSSR count). The summed E-state index contributed by atoms with van der Waals surface area (Å²) in [5.74, 6) is -0.920. The molecular weight excluding hydrogens is 841 g/mol. The van der Waals surface area contributed by atoms with Gasteiger partial charge in [-0.2, -0.15) is 0 Å². The van der Waals surface area contributed by atoms with Crippen LogP contribution in [0.4, 0.5) is 0 Å². The van der Waals surface area contributed by atoms with Gasteiger partial charge in [0.25, 0.3) is 0 Å². The van der Waals surface area contributed by atoms with Crippen LogP contribution in [-0.4, -0.2) is 37.2 Å². The Labute approximate surface area is 421 Å². The summed E-state index contributed by atoms with van der Waals surface area (Å²) < 4.78 is 16.8. The monoisotopic (exact) mass is 949 g/mol. The van der Waals surface area contributed by atoms with Crippen LogP contribution in [0.2, 0.25) is 0 Å². The molecule has 392 valence electrons. The molecule has 0 N–H and O–H groups in total. The van der Waals surface area contributed by atoms with Crippen molar-refractivity contribution >= 4 is 17.9 Å². The van der Waals surface area contributed by atoms with Gasteiger partial charge in [-0.3, -0.25) is 14.4 Å². The molecule has 0 fully saturated rings. The summed E-state index contributed by atoms with van der Waals surface area (Å²) in [6.07, 6.45) is 71.8. The van der Waals surface area contributed by atoms with E-state index in [1.165, 1.54) is 128 Å². The first-order valence-electron chi connectivity index (χ1n) is 28.9. The molecule has 0 bridgehead atoms. The van der Waals surface area contributed by atoms with E-state index in [-0.39, 0.29) is 31.1 Å². The van der Waals surface area contributed by atoms with Crippen LogP contribution in [0.5, 0.6) is 0 Å². The fourth-order valence-corrected chi connectivity index (χ4v) is 8.07. The SMILES string of the molecule is CC/C=C\C/C=C\C/C=C\C/C=C\CCCCCCCCC(=O)OCC(COC(=O)CCCCC/C=C\CCCCCCCC)OC(=O)CCCCCCC/C=C\CCCCCCCCCCC. The van der Waals surface area contributed by atoms with E-state index in [0.29, 0.717) is 19.3 Å². The minimum absolute atomic E-state index is 0.0904. The second kappa shape index (κ2) is 56.4. The number of unbranched alkanes of at least 4 members (excludes halogenated alkanes) is 29. The predicted molar refractivity (Wildman–Crippen MR) is 293 cm³/mol. The largest absolute Gasteiger partial charge is 0.462 e. The van der Waals surface area contributed by atoms with Crippen LogP contribution in [0.25, 0.3) is 0 Å². The molecular formula is C62H108O6. The molecule has 0 radical (unpaired) electrons. The van der Waals surface area contributed by atoms with Gasteiger partial charge in [0.15, 0.2) is 6.10 Å². The van der Waals surface area contributed by atoms with Gasteiger partial charge >= 0.3 is 17.9 Å². The average molecular weight is 950 g/mol. The zero-order valence-corrected chi connectivity index (χ0v) is 44.9. The molecule has 1 atom stereocenters. The van der Waals surface area contributed by atoms with Crippen molar-refractivity contribution in [3.05, 3.63) is 72.9 Å². The van der Waals surface area contributed by atoms with Gasteiger partial charge in [-0.25, -0.2) is 0 Å². The minimum Gasteiger partial charge on any atom is -0.462 e. The Balaban J connectivity index is 4.41. The Morgan fingerprint density at radius 1 is 0.309 bits per heavy atom. The van der Waals surface area contributed by atoms with Gasteiger partial charge in [0.05, 0.1) is 0 Å². The maximum Gasteiger partial charge on any atom is 0.306 e. The first kappa shape index (κ1) is 64.8. The van der Waals surface area contributed by atoms with E-state index in [4.69, 9.17) is 14.2 Å². The van der Waals surface area contributed by atoms with Crippen LogP contribution in [0.3, 0.4) is 0 Å². The number of allylic oxidation sites excluding steroid dienone is 12. The third kappa shape index (κ3) is 53.8. The molecule has 68 heavy (non-hydrogen) atoms. The lowest BCUT2D eigenvalue weighted by Gasteiger charge is -2.18. The highest BCUT2D eigenvalue weighted by molar-refractivity contribution is 5.71. The van der Waals surface area contributed by atoms with E-state index < -0.39 is 6.10 Å². The Morgan fingerprint density at radius 2 is 0.574 bits per heavy atom. The average Bonchev–Trinajstić information content (AvgIpc) is 3.34. The standard InChI is InChI=1S/C62H108O6/c1-4-7-10-13-16-19-22-25-27-29-31-33-34-37-40-43-46-49-52-55-61(64)67-58-59(57-66-60(63)54-51-48-45-42-39-36-24-21-18-15-12-9-6-3)68-62(65)56-53-50-47-44-41-38-35-32-30-28-26-23-20-17-14-11-8-5-2/h7,10,16,19,25,27,31-33,35-36,39,59H,4-6,8-9,11-15,17-18,20-24,26,28-30,34,37-38,40-58H2,1-3H3/b10-7-,19-16-,27-25-,33-31-,35-32-,39-36-. The van der Waals surface area contributed by atoms with Crippen LogP contribution in [-0.2, 0) is 28.6 Å². The zero-order valence-electron chi connectivity index (χ0n) is 44.9. The van der Waals surface area contributed by atoms with Crippen molar-refractivity contribution in [2.75, 3.05) is 13.2 Å². The highest BCUT2D eigenvalue weighted by Crippen LogP contribution is 2.15. The van der Waals surface area contributed by atoms with Crippen LogP contribution in [0.1, 0.15) is 284 Å². The number of hydrogen-bond acceptors (Lipinski definition) is 6. The van der Waals surface area contributed by atoms with Gasteiger partial charge in [0.2, 0.25) is 0 Å². The van der Waals surface area contributed by atoms with Gasteiger partial charge in [-0.1, -0.05) is 229 Å². The van der Waals surface area contributed by atoms with E-state index in [1.54, 1.807) is 0 Å². The first-order chi connectivity index (χ1) is 33.5.